The van der Waals surface area contributed by atoms with Crippen molar-refractivity contribution in [3.8, 4) is 62.0 Å². The second-order valence-electron chi connectivity index (χ2n) is 14.4. The van der Waals surface area contributed by atoms with E-state index in [1.54, 1.807) is 0 Å². The first-order valence-electron chi connectivity index (χ1n) is 19.3. The SMILES string of the molecule is c1ccc(-c2ccc(-c3cc(-c4ccc(-n5c6ccccc6c6ccc7c(-c8ccccc8)nc8ccccc8c7c65)cc4)nc(-c4ccccc4)n3)cc2)cc1. The van der Waals surface area contributed by atoms with E-state index in [-0.39, 0.29) is 0 Å². The third-order valence-electron chi connectivity index (χ3n) is 11.0. The molecule has 4 nitrogen and oxygen atoms in total. The average Bonchev–Trinajstić information content (AvgIpc) is 3.64. The molecule has 0 fully saturated rings. The van der Waals surface area contributed by atoms with Crippen molar-refractivity contribution >= 4 is 43.5 Å². The van der Waals surface area contributed by atoms with Crippen molar-refractivity contribution in [2.45, 2.75) is 0 Å². The molecule has 0 N–H and O–H groups in total. The van der Waals surface area contributed by atoms with E-state index in [9.17, 15) is 0 Å². The minimum absolute atomic E-state index is 0.697. The van der Waals surface area contributed by atoms with Gasteiger partial charge in [0.1, 0.15) is 0 Å². The van der Waals surface area contributed by atoms with E-state index in [1.165, 1.54) is 32.8 Å². The molecule has 0 aliphatic heterocycles. The van der Waals surface area contributed by atoms with Crippen LogP contribution in [0.25, 0.3) is 105 Å². The van der Waals surface area contributed by atoms with Gasteiger partial charge in [-0.3, -0.25) is 0 Å². The summed E-state index contributed by atoms with van der Waals surface area (Å²) < 4.78 is 2.42. The lowest BCUT2D eigenvalue weighted by atomic mass is 9.97. The fraction of sp³-hybridized carbons (Fsp3) is 0. The van der Waals surface area contributed by atoms with Crippen LogP contribution in [0.15, 0.2) is 206 Å². The van der Waals surface area contributed by atoms with Crippen molar-refractivity contribution in [2.75, 3.05) is 0 Å². The minimum atomic E-state index is 0.697. The summed E-state index contributed by atoms with van der Waals surface area (Å²) in [6.07, 6.45) is 0. The summed E-state index contributed by atoms with van der Waals surface area (Å²) >= 11 is 0. The molecule has 0 unspecified atom stereocenters. The van der Waals surface area contributed by atoms with E-state index < -0.39 is 0 Å². The van der Waals surface area contributed by atoms with Gasteiger partial charge in [-0.25, -0.2) is 15.0 Å². The fourth-order valence-corrected chi connectivity index (χ4v) is 8.28. The minimum Gasteiger partial charge on any atom is -0.309 e. The van der Waals surface area contributed by atoms with Crippen LogP contribution in [0.4, 0.5) is 0 Å². The highest BCUT2D eigenvalue weighted by atomic mass is 15.0. The Hall–Kier alpha value is -7.69. The molecule has 4 heteroatoms. The lowest BCUT2D eigenvalue weighted by molar-refractivity contribution is 1.17. The highest BCUT2D eigenvalue weighted by molar-refractivity contribution is 6.26. The normalized spacial score (nSPS) is 11.5. The zero-order valence-electron chi connectivity index (χ0n) is 30.9. The Kier molecular flexibility index (Phi) is 7.78. The van der Waals surface area contributed by atoms with E-state index in [4.69, 9.17) is 15.0 Å². The smallest absolute Gasteiger partial charge is 0.160 e. The molecule has 3 heterocycles. The van der Waals surface area contributed by atoms with Gasteiger partial charge in [-0.2, -0.15) is 0 Å². The molecule has 11 aromatic rings. The van der Waals surface area contributed by atoms with Crippen LogP contribution in [0.3, 0.4) is 0 Å². The molecule has 0 aliphatic rings. The first kappa shape index (κ1) is 32.7. The summed E-state index contributed by atoms with van der Waals surface area (Å²) in [5, 5.41) is 5.89. The molecule has 0 atom stereocenters. The molecule has 3 aromatic heterocycles. The second-order valence-corrected chi connectivity index (χ2v) is 14.4. The van der Waals surface area contributed by atoms with Crippen molar-refractivity contribution in [1.29, 1.82) is 0 Å². The number of hydrogen-bond acceptors (Lipinski definition) is 3. The molecule has 0 saturated carbocycles. The van der Waals surface area contributed by atoms with Gasteiger partial charge in [0, 0.05) is 54.9 Å². The van der Waals surface area contributed by atoms with Crippen LogP contribution >= 0.6 is 0 Å². The van der Waals surface area contributed by atoms with Crippen LogP contribution in [-0.4, -0.2) is 19.5 Å². The highest BCUT2D eigenvalue weighted by Crippen LogP contribution is 2.42. The summed E-state index contributed by atoms with van der Waals surface area (Å²) in [7, 11) is 0. The van der Waals surface area contributed by atoms with Crippen molar-refractivity contribution in [3.63, 3.8) is 0 Å². The summed E-state index contributed by atoms with van der Waals surface area (Å²) in [6.45, 7) is 0. The second kappa shape index (κ2) is 13.6. The van der Waals surface area contributed by atoms with Gasteiger partial charge in [-0.15, -0.1) is 0 Å². The Bertz CT molecular complexity index is 3240. The molecule has 0 radical (unpaired) electrons. The topological polar surface area (TPSA) is 43.6 Å². The number of benzene rings is 8. The van der Waals surface area contributed by atoms with E-state index in [1.807, 2.05) is 24.3 Å². The lowest BCUT2D eigenvalue weighted by Crippen LogP contribution is -1.98. The monoisotopic (exact) mass is 726 g/mol. The van der Waals surface area contributed by atoms with Crippen LogP contribution in [0.1, 0.15) is 0 Å². The number of aromatic nitrogens is 4. The molecule has 0 aliphatic carbocycles. The Morgan fingerprint density at radius 2 is 0.842 bits per heavy atom. The van der Waals surface area contributed by atoms with E-state index in [0.29, 0.717) is 5.82 Å². The Balaban J connectivity index is 1.09. The molecule has 0 bridgehead atoms. The molecular weight excluding hydrogens is 693 g/mol. The van der Waals surface area contributed by atoms with Gasteiger partial charge in [0.05, 0.1) is 33.6 Å². The number of para-hydroxylation sites is 2. The number of nitrogens with zero attached hydrogens (tertiary/aromatic N) is 4. The van der Waals surface area contributed by atoms with Crippen LogP contribution in [0, 0.1) is 0 Å². The largest absolute Gasteiger partial charge is 0.309 e. The quantitative estimate of drug-likeness (QED) is 0.160. The summed E-state index contributed by atoms with van der Waals surface area (Å²) in [4.78, 5) is 15.5. The molecule has 0 spiro atoms. The maximum absolute atomic E-state index is 5.24. The van der Waals surface area contributed by atoms with E-state index in [0.717, 1.165) is 66.8 Å². The molecule has 11 rings (SSSR count). The molecule has 57 heavy (non-hydrogen) atoms. The molecular formula is C53H34N4. The predicted molar refractivity (Wildman–Crippen MR) is 236 cm³/mol. The van der Waals surface area contributed by atoms with Gasteiger partial charge in [-0.1, -0.05) is 176 Å². The zero-order chi connectivity index (χ0) is 37.7. The Morgan fingerprint density at radius 1 is 0.333 bits per heavy atom. The van der Waals surface area contributed by atoms with Gasteiger partial charge in [0.25, 0.3) is 0 Å². The first-order chi connectivity index (χ1) is 28.3. The fourth-order valence-electron chi connectivity index (χ4n) is 8.28. The highest BCUT2D eigenvalue weighted by Gasteiger charge is 2.20. The lowest BCUT2D eigenvalue weighted by Gasteiger charge is -2.15. The van der Waals surface area contributed by atoms with Gasteiger partial charge in [0.2, 0.25) is 0 Å². The Labute approximate surface area is 330 Å². The summed E-state index contributed by atoms with van der Waals surface area (Å²) in [5.41, 5.74) is 13.6. The van der Waals surface area contributed by atoms with Crippen LogP contribution in [0.5, 0.6) is 0 Å². The maximum atomic E-state index is 5.24. The predicted octanol–water partition coefficient (Wildman–Crippen LogP) is 13.6. The van der Waals surface area contributed by atoms with Gasteiger partial charge in [-0.05, 0) is 41.5 Å². The first-order valence-corrected chi connectivity index (χ1v) is 19.3. The zero-order valence-corrected chi connectivity index (χ0v) is 30.9. The van der Waals surface area contributed by atoms with Gasteiger partial charge >= 0.3 is 0 Å². The number of hydrogen-bond donors (Lipinski definition) is 0. The van der Waals surface area contributed by atoms with Gasteiger partial charge in [0.15, 0.2) is 5.82 Å². The van der Waals surface area contributed by atoms with Crippen LogP contribution in [0.2, 0.25) is 0 Å². The van der Waals surface area contributed by atoms with Crippen LogP contribution in [-0.2, 0) is 0 Å². The number of rotatable bonds is 6. The number of fused-ring (bicyclic) bond motifs is 7. The maximum Gasteiger partial charge on any atom is 0.160 e. The van der Waals surface area contributed by atoms with E-state index >= 15 is 0 Å². The molecule has 0 amide bonds. The van der Waals surface area contributed by atoms with Crippen molar-refractivity contribution in [1.82, 2.24) is 19.5 Å². The van der Waals surface area contributed by atoms with Gasteiger partial charge < -0.3 is 4.57 Å². The average molecular weight is 727 g/mol. The molecule has 8 aromatic carbocycles. The molecule has 266 valence electrons. The van der Waals surface area contributed by atoms with Crippen molar-refractivity contribution in [2.24, 2.45) is 0 Å². The standard InChI is InChI=1S/C53H34N4/c1-4-14-35(15-5-1)36-24-26-37(27-25-36)47-34-48(56-53(55-47)40-18-8-3-9-19-40)38-28-30-41(31-29-38)57-49-23-13-11-20-42(49)43-32-33-45-50(52(43)57)44-21-10-12-22-46(44)54-51(45)39-16-6-2-7-17-39/h1-34H. The van der Waals surface area contributed by atoms with Crippen molar-refractivity contribution < 1.29 is 0 Å². The molecule has 0 saturated heterocycles. The number of pyridine rings is 1. The van der Waals surface area contributed by atoms with Crippen LogP contribution < -0.4 is 0 Å². The third kappa shape index (κ3) is 5.66. The van der Waals surface area contributed by atoms with Crippen molar-refractivity contribution in [3.05, 3.63) is 206 Å². The third-order valence-corrected chi connectivity index (χ3v) is 11.0. The summed E-state index contributed by atoms with van der Waals surface area (Å²) in [6, 6.07) is 72.6. The Morgan fingerprint density at radius 3 is 1.53 bits per heavy atom. The van der Waals surface area contributed by atoms with E-state index in [2.05, 4.69) is 187 Å². The summed E-state index contributed by atoms with van der Waals surface area (Å²) in [5.74, 6) is 0.697.